The summed E-state index contributed by atoms with van der Waals surface area (Å²) in [7, 11) is 3.35. The topological polar surface area (TPSA) is 49.7 Å². The monoisotopic (exact) mass is 300 g/mol. The molecule has 22 heavy (non-hydrogen) atoms. The Bertz CT molecular complexity index is 543. The van der Waals surface area contributed by atoms with Crippen LogP contribution in [0.25, 0.3) is 0 Å². The third kappa shape index (κ3) is 4.52. The SMILES string of the molecule is CN(C)C(=O)C(=NC(=O)CC1CCCCC1)c1ccccc1. The molecule has 0 bridgehead atoms. The van der Waals surface area contributed by atoms with Crippen molar-refractivity contribution in [1.82, 2.24) is 4.90 Å². The van der Waals surface area contributed by atoms with E-state index in [4.69, 9.17) is 0 Å². The van der Waals surface area contributed by atoms with Gasteiger partial charge in [-0.2, -0.15) is 0 Å². The summed E-state index contributed by atoms with van der Waals surface area (Å²) in [5.74, 6) is 0.0145. The van der Waals surface area contributed by atoms with Crippen LogP contribution in [-0.2, 0) is 9.59 Å². The van der Waals surface area contributed by atoms with Gasteiger partial charge in [0.1, 0.15) is 5.71 Å². The van der Waals surface area contributed by atoms with Gasteiger partial charge in [0, 0.05) is 26.1 Å². The summed E-state index contributed by atoms with van der Waals surface area (Å²) >= 11 is 0. The quantitative estimate of drug-likeness (QED) is 0.802. The molecule has 0 heterocycles. The first kappa shape index (κ1) is 16.4. The molecule has 0 unspecified atom stereocenters. The lowest BCUT2D eigenvalue weighted by Gasteiger charge is -2.20. The van der Waals surface area contributed by atoms with Crippen LogP contribution in [0.1, 0.15) is 44.1 Å². The number of likely N-dealkylation sites (N-methyl/N-ethyl adjacent to an activating group) is 1. The van der Waals surface area contributed by atoms with Crippen molar-refractivity contribution < 1.29 is 9.59 Å². The largest absolute Gasteiger partial charge is 0.343 e. The summed E-state index contributed by atoms with van der Waals surface area (Å²) in [4.78, 5) is 30.2. The van der Waals surface area contributed by atoms with Crippen molar-refractivity contribution >= 4 is 17.5 Å². The zero-order valence-electron chi connectivity index (χ0n) is 13.4. The predicted molar refractivity (Wildman–Crippen MR) is 87.9 cm³/mol. The number of carbonyl (C=O) groups excluding carboxylic acids is 2. The lowest BCUT2D eigenvalue weighted by molar-refractivity contribution is -0.123. The van der Waals surface area contributed by atoms with Gasteiger partial charge < -0.3 is 4.90 Å². The van der Waals surface area contributed by atoms with Gasteiger partial charge in [0.05, 0.1) is 0 Å². The Labute approximate surface area is 132 Å². The fraction of sp³-hybridized carbons (Fsp3) is 0.500. The molecule has 1 fully saturated rings. The maximum atomic E-state index is 12.3. The van der Waals surface area contributed by atoms with Gasteiger partial charge in [0.15, 0.2) is 0 Å². The molecule has 2 rings (SSSR count). The first-order valence-corrected chi connectivity index (χ1v) is 7.96. The lowest BCUT2D eigenvalue weighted by atomic mass is 9.87. The fourth-order valence-corrected chi connectivity index (χ4v) is 2.85. The Morgan fingerprint density at radius 2 is 1.73 bits per heavy atom. The minimum atomic E-state index is -0.233. The van der Waals surface area contributed by atoms with Gasteiger partial charge in [-0.3, -0.25) is 9.59 Å². The van der Waals surface area contributed by atoms with Crippen LogP contribution in [0.15, 0.2) is 35.3 Å². The van der Waals surface area contributed by atoms with E-state index < -0.39 is 0 Å². The highest BCUT2D eigenvalue weighted by atomic mass is 16.2. The molecule has 1 aromatic rings. The van der Waals surface area contributed by atoms with Crippen molar-refractivity contribution in [1.29, 1.82) is 0 Å². The second kappa shape index (κ2) is 7.87. The van der Waals surface area contributed by atoms with Crippen molar-refractivity contribution in [2.45, 2.75) is 38.5 Å². The number of carbonyl (C=O) groups is 2. The highest BCUT2D eigenvalue weighted by Crippen LogP contribution is 2.26. The minimum absolute atomic E-state index is 0.180. The molecule has 0 radical (unpaired) electrons. The molecule has 1 aromatic carbocycles. The average molecular weight is 300 g/mol. The Morgan fingerprint density at radius 3 is 2.32 bits per heavy atom. The first-order chi connectivity index (χ1) is 10.6. The highest BCUT2D eigenvalue weighted by molar-refractivity contribution is 6.46. The molecule has 4 nitrogen and oxygen atoms in total. The number of hydrogen-bond donors (Lipinski definition) is 0. The first-order valence-electron chi connectivity index (χ1n) is 7.96. The maximum absolute atomic E-state index is 12.3. The molecule has 0 spiro atoms. The van der Waals surface area contributed by atoms with Crippen molar-refractivity contribution in [2.24, 2.45) is 10.9 Å². The number of hydrogen-bond acceptors (Lipinski definition) is 2. The zero-order chi connectivity index (χ0) is 15.9. The van der Waals surface area contributed by atoms with Crippen molar-refractivity contribution in [3.8, 4) is 0 Å². The number of nitrogens with zero attached hydrogens (tertiary/aromatic N) is 2. The molecule has 1 saturated carbocycles. The van der Waals surface area contributed by atoms with Crippen LogP contribution in [0, 0.1) is 5.92 Å². The molecule has 0 atom stereocenters. The van der Waals surface area contributed by atoms with Crippen LogP contribution >= 0.6 is 0 Å². The Morgan fingerprint density at radius 1 is 1.09 bits per heavy atom. The fourth-order valence-electron chi connectivity index (χ4n) is 2.85. The van der Waals surface area contributed by atoms with Gasteiger partial charge in [-0.1, -0.05) is 49.6 Å². The predicted octanol–water partition coefficient (Wildman–Crippen LogP) is 3.06. The zero-order valence-corrected chi connectivity index (χ0v) is 13.4. The van der Waals surface area contributed by atoms with Crippen molar-refractivity contribution in [2.75, 3.05) is 14.1 Å². The van der Waals surface area contributed by atoms with E-state index in [1.54, 1.807) is 14.1 Å². The molecule has 2 amide bonds. The Balaban J connectivity index is 2.16. The van der Waals surface area contributed by atoms with Crippen LogP contribution in [0.2, 0.25) is 0 Å². The molecular weight excluding hydrogens is 276 g/mol. The van der Waals surface area contributed by atoms with E-state index in [0.717, 1.165) is 12.8 Å². The Kier molecular flexibility index (Phi) is 5.87. The Hall–Kier alpha value is -1.97. The van der Waals surface area contributed by atoms with E-state index in [1.807, 2.05) is 30.3 Å². The summed E-state index contributed by atoms with van der Waals surface area (Å²) in [6, 6.07) is 9.20. The molecule has 0 saturated heterocycles. The molecule has 1 aliphatic rings. The molecular formula is C18H24N2O2. The van der Waals surface area contributed by atoms with Gasteiger partial charge in [-0.15, -0.1) is 0 Å². The van der Waals surface area contributed by atoms with Crippen molar-refractivity contribution in [3.63, 3.8) is 0 Å². The summed E-state index contributed by atoms with van der Waals surface area (Å²) in [5.41, 5.74) is 0.935. The minimum Gasteiger partial charge on any atom is -0.343 e. The molecule has 4 heteroatoms. The normalized spacial score (nSPS) is 16.4. The van der Waals surface area contributed by atoms with E-state index in [1.165, 1.54) is 24.2 Å². The van der Waals surface area contributed by atoms with Gasteiger partial charge >= 0.3 is 0 Å². The standard InChI is InChI=1S/C18H24N2O2/c1-20(2)18(22)17(15-11-7-4-8-12-15)19-16(21)13-14-9-5-3-6-10-14/h4,7-8,11-12,14H,3,5-6,9-10,13H2,1-2H3. The van der Waals surface area contributed by atoms with E-state index >= 15 is 0 Å². The summed E-state index contributed by atoms with van der Waals surface area (Å²) in [5, 5.41) is 0. The lowest BCUT2D eigenvalue weighted by Crippen LogP contribution is -2.31. The second-order valence-electron chi connectivity index (χ2n) is 6.13. The van der Waals surface area contributed by atoms with E-state index in [0.29, 0.717) is 17.9 Å². The van der Waals surface area contributed by atoms with E-state index in [2.05, 4.69) is 4.99 Å². The van der Waals surface area contributed by atoms with Crippen LogP contribution in [0.5, 0.6) is 0 Å². The van der Waals surface area contributed by atoms with E-state index in [-0.39, 0.29) is 17.5 Å². The van der Waals surface area contributed by atoms with Crippen molar-refractivity contribution in [3.05, 3.63) is 35.9 Å². The molecule has 0 aromatic heterocycles. The van der Waals surface area contributed by atoms with Gasteiger partial charge in [-0.05, 0) is 18.8 Å². The van der Waals surface area contributed by atoms with Crippen LogP contribution in [-0.4, -0.2) is 36.5 Å². The summed E-state index contributed by atoms with van der Waals surface area (Å²) < 4.78 is 0. The molecule has 0 aliphatic heterocycles. The van der Waals surface area contributed by atoms with Crippen LogP contribution < -0.4 is 0 Å². The maximum Gasteiger partial charge on any atom is 0.272 e. The van der Waals surface area contributed by atoms with Gasteiger partial charge in [-0.25, -0.2) is 4.99 Å². The number of aliphatic imine (C=N–C) groups is 1. The van der Waals surface area contributed by atoms with Crippen LogP contribution in [0.4, 0.5) is 0 Å². The summed E-state index contributed by atoms with van der Waals surface area (Å²) in [6.45, 7) is 0. The average Bonchev–Trinajstić information content (AvgIpc) is 2.53. The van der Waals surface area contributed by atoms with Gasteiger partial charge in [0.2, 0.25) is 5.91 Å². The van der Waals surface area contributed by atoms with E-state index in [9.17, 15) is 9.59 Å². The molecule has 118 valence electrons. The highest BCUT2D eigenvalue weighted by Gasteiger charge is 2.20. The smallest absolute Gasteiger partial charge is 0.272 e. The third-order valence-electron chi connectivity index (χ3n) is 4.08. The number of rotatable bonds is 4. The molecule has 1 aliphatic carbocycles. The second-order valence-corrected chi connectivity index (χ2v) is 6.13. The molecule has 0 N–H and O–H groups in total. The van der Waals surface area contributed by atoms with Crippen LogP contribution in [0.3, 0.4) is 0 Å². The number of benzene rings is 1. The summed E-state index contributed by atoms with van der Waals surface area (Å²) in [6.07, 6.45) is 6.32. The van der Waals surface area contributed by atoms with Gasteiger partial charge in [0.25, 0.3) is 5.91 Å². The third-order valence-corrected chi connectivity index (χ3v) is 4.08. The number of amides is 2.